The first kappa shape index (κ1) is 27.3. The molecule has 36 heavy (non-hydrogen) atoms. The molecular weight excluding hydrogens is 462 g/mol. The second-order valence-corrected chi connectivity index (χ2v) is 11.3. The van der Waals surface area contributed by atoms with Crippen LogP contribution in [0, 0.1) is 5.41 Å². The quantitative estimate of drug-likeness (QED) is 0.570. The average Bonchev–Trinajstić information content (AvgIpc) is 3.21. The summed E-state index contributed by atoms with van der Waals surface area (Å²) in [5.41, 5.74) is -1.27. The van der Waals surface area contributed by atoms with Gasteiger partial charge in [0.15, 0.2) is 5.43 Å². The molecule has 1 amide bonds. The lowest BCUT2D eigenvalue weighted by Gasteiger charge is -2.40. The molecule has 198 valence electrons. The number of aromatic amines is 1. The fourth-order valence-electron chi connectivity index (χ4n) is 4.38. The Kier molecular flexibility index (Phi) is 7.85. The summed E-state index contributed by atoms with van der Waals surface area (Å²) in [4.78, 5) is 43.1. The number of pyridine rings is 1. The molecule has 2 aromatic heterocycles. The van der Waals surface area contributed by atoms with Gasteiger partial charge in [-0.15, -0.1) is 0 Å². The largest absolute Gasteiger partial charge is 0.466 e. The van der Waals surface area contributed by atoms with Gasteiger partial charge >= 0.3 is 12.1 Å². The van der Waals surface area contributed by atoms with Crippen molar-refractivity contribution >= 4 is 23.7 Å². The summed E-state index contributed by atoms with van der Waals surface area (Å²) in [7, 11) is 0. The molecule has 1 aliphatic rings. The zero-order valence-corrected chi connectivity index (χ0v) is 22.4. The van der Waals surface area contributed by atoms with E-state index in [9.17, 15) is 14.4 Å². The summed E-state index contributed by atoms with van der Waals surface area (Å²) < 4.78 is 12.8. The first-order valence-electron chi connectivity index (χ1n) is 12.4. The van der Waals surface area contributed by atoms with Crippen molar-refractivity contribution in [3.05, 3.63) is 40.3 Å². The van der Waals surface area contributed by atoms with Crippen molar-refractivity contribution in [2.45, 2.75) is 78.9 Å². The number of rotatable bonds is 6. The second-order valence-electron chi connectivity index (χ2n) is 11.3. The molecule has 0 bridgehead atoms. The molecule has 10 heteroatoms. The van der Waals surface area contributed by atoms with Crippen LogP contribution in [0.5, 0.6) is 0 Å². The van der Waals surface area contributed by atoms with E-state index in [0.717, 1.165) is 5.82 Å². The molecule has 10 nitrogen and oxygen atoms in total. The van der Waals surface area contributed by atoms with E-state index >= 15 is 0 Å². The Balaban J connectivity index is 1.83. The number of likely N-dealkylation sites (tertiary alicyclic amines) is 1. The highest BCUT2D eigenvalue weighted by Crippen LogP contribution is 2.37. The monoisotopic (exact) mass is 501 g/mol. The number of piperidine rings is 1. The highest BCUT2D eigenvalue weighted by molar-refractivity contribution is 5.78. The molecule has 0 atom stereocenters. The van der Waals surface area contributed by atoms with Crippen molar-refractivity contribution in [2.24, 2.45) is 5.41 Å². The van der Waals surface area contributed by atoms with Gasteiger partial charge in [-0.1, -0.05) is 0 Å². The van der Waals surface area contributed by atoms with E-state index in [0.29, 0.717) is 37.4 Å². The summed E-state index contributed by atoms with van der Waals surface area (Å²) in [5, 5.41) is 7.63. The van der Waals surface area contributed by atoms with Crippen molar-refractivity contribution in [1.29, 1.82) is 0 Å². The molecular formula is C26H39N5O5. The minimum absolute atomic E-state index is 0.182. The Labute approximate surface area is 212 Å². The third-order valence-corrected chi connectivity index (χ3v) is 6.05. The number of hydrogen-bond donors (Lipinski definition) is 2. The van der Waals surface area contributed by atoms with Crippen LogP contribution in [-0.2, 0) is 26.2 Å². The van der Waals surface area contributed by atoms with E-state index < -0.39 is 17.1 Å². The Bertz CT molecular complexity index is 1130. The summed E-state index contributed by atoms with van der Waals surface area (Å²) in [5.74, 6) is 0.925. The van der Waals surface area contributed by atoms with Crippen molar-refractivity contribution in [3.63, 3.8) is 0 Å². The van der Waals surface area contributed by atoms with E-state index in [4.69, 9.17) is 9.47 Å². The zero-order valence-electron chi connectivity index (χ0n) is 22.4. The van der Waals surface area contributed by atoms with Gasteiger partial charge in [-0.3, -0.25) is 9.59 Å². The highest BCUT2D eigenvalue weighted by atomic mass is 16.6. The van der Waals surface area contributed by atoms with Crippen molar-refractivity contribution < 1.29 is 19.1 Å². The number of carbonyl (C=O) groups excluding carboxylic acids is 2. The van der Waals surface area contributed by atoms with Crippen LogP contribution in [0.1, 0.15) is 67.0 Å². The smallest absolute Gasteiger partial charge is 0.410 e. The van der Waals surface area contributed by atoms with Gasteiger partial charge in [-0.25, -0.2) is 9.48 Å². The highest BCUT2D eigenvalue weighted by Gasteiger charge is 2.44. The molecule has 0 aromatic carbocycles. The molecule has 0 spiro atoms. The summed E-state index contributed by atoms with van der Waals surface area (Å²) in [6.45, 7) is 14.3. The minimum Gasteiger partial charge on any atom is -0.466 e. The van der Waals surface area contributed by atoms with Crippen LogP contribution >= 0.6 is 0 Å². The summed E-state index contributed by atoms with van der Waals surface area (Å²) in [6.07, 6.45) is 2.40. The van der Waals surface area contributed by atoms with Crippen molar-refractivity contribution in [1.82, 2.24) is 19.7 Å². The number of ether oxygens (including phenoxy) is 2. The van der Waals surface area contributed by atoms with Gasteiger partial charge in [0.25, 0.3) is 0 Å². The number of aromatic nitrogens is 3. The second kappa shape index (κ2) is 10.4. The van der Waals surface area contributed by atoms with Crippen LogP contribution in [0.3, 0.4) is 0 Å². The number of anilines is 2. The van der Waals surface area contributed by atoms with Gasteiger partial charge in [-0.05, 0) is 61.3 Å². The van der Waals surface area contributed by atoms with E-state index in [1.165, 1.54) is 12.1 Å². The third kappa shape index (κ3) is 6.67. The van der Waals surface area contributed by atoms with E-state index in [1.54, 1.807) is 18.0 Å². The van der Waals surface area contributed by atoms with Crippen LogP contribution in [0.15, 0.2) is 29.2 Å². The average molecular weight is 502 g/mol. The number of amides is 1. The lowest BCUT2D eigenvalue weighted by atomic mass is 9.74. The van der Waals surface area contributed by atoms with Crippen molar-refractivity contribution in [2.75, 3.05) is 25.0 Å². The third-order valence-electron chi connectivity index (χ3n) is 6.05. The SMILES string of the molecule is CCOC(=O)C1(Cc2cc(=O)cc(Nc3ccnn3C(C)(C)C)[nH]2)CCN(C(=O)OC(C)(C)C)CC1. The van der Waals surface area contributed by atoms with Gasteiger partial charge < -0.3 is 24.7 Å². The normalized spacial score (nSPS) is 15.9. The minimum atomic E-state index is -0.858. The standard InChI is InChI=1S/C26H39N5O5/c1-8-35-22(33)26(10-13-30(14-11-26)23(34)36-25(5,6)7)17-18-15-19(32)16-20(28-18)29-21-9-12-27-31(21)24(2,3)4/h9,12,15-16H,8,10-11,13-14,17H2,1-7H3,(H2,28,29,32). The Morgan fingerprint density at radius 2 is 1.81 bits per heavy atom. The van der Waals surface area contributed by atoms with Crippen LogP contribution < -0.4 is 10.7 Å². The lowest BCUT2D eigenvalue weighted by Crippen LogP contribution is -2.49. The molecule has 0 saturated carbocycles. The van der Waals surface area contributed by atoms with Crippen LogP contribution in [-0.4, -0.2) is 57.0 Å². The number of H-pyrrole nitrogens is 1. The maximum atomic E-state index is 13.1. The van der Waals surface area contributed by atoms with Gasteiger partial charge in [0.1, 0.15) is 17.2 Å². The fraction of sp³-hybridized carbons (Fsp3) is 0.615. The molecule has 0 aliphatic carbocycles. The molecule has 2 aromatic rings. The van der Waals surface area contributed by atoms with Crippen LogP contribution in [0.4, 0.5) is 16.4 Å². The van der Waals surface area contributed by atoms with Gasteiger partial charge in [0, 0.05) is 43.4 Å². The van der Waals surface area contributed by atoms with Gasteiger partial charge in [-0.2, -0.15) is 5.10 Å². The Morgan fingerprint density at radius 1 is 1.14 bits per heavy atom. The van der Waals surface area contributed by atoms with Crippen LogP contribution in [0.25, 0.3) is 0 Å². The van der Waals surface area contributed by atoms with Gasteiger partial charge in [0.2, 0.25) is 0 Å². The number of esters is 1. The summed E-state index contributed by atoms with van der Waals surface area (Å²) in [6, 6.07) is 4.82. The molecule has 3 rings (SSSR count). The fourth-order valence-corrected chi connectivity index (χ4v) is 4.38. The molecule has 2 N–H and O–H groups in total. The van der Waals surface area contributed by atoms with Crippen LogP contribution in [0.2, 0.25) is 0 Å². The molecule has 3 heterocycles. The van der Waals surface area contributed by atoms with E-state index in [1.807, 2.05) is 52.3 Å². The summed E-state index contributed by atoms with van der Waals surface area (Å²) >= 11 is 0. The number of nitrogens with one attached hydrogen (secondary N) is 2. The number of hydrogen-bond acceptors (Lipinski definition) is 7. The van der Waals surface area contributed by atoms with Crippen molar-refractivity contribution in [3.8, 4) is 0 Å². The Morgan fingerprint density at radius 3 is 2.39 bits per heavy atom. The molecule has 1 aliphatic heterocycles. The lowest BCUT2D eigenvalue weighted by molar-refractivity contribution is -0.158. The topological polar surface area (TPSA) is 119 Å². The maximum absolute atomic E-state index is 13.1. The molecule has 1 saturated heterocycles. The first-order valence-corrected chi connectivity index (χ1v) is 12.4. The number of nitrogens with zero attached hydrogens (tertiary/aromatic N) is 3. The molecule has 0 unspecified atom stereocenters. The molecule has 0 radical (unpaired) electrons. The first-order chi connectivity index (χ1) is 16.7. The molecule has 1 fully saturated rings. The zero-order chi connectivity index (χ0) is 26.7. The van der Waals surface area contributed by atoms with E-state index in [2.05, 4.69) is 15.4 Å². The maximum Gasteiger partial charge on any atom is 0.410 e. The Hall–Kier alpha value is -3.30. The van der Waals surface area contributed by atoms with Gasteiger partial charge in [0.05, 0.1) is 23.8 Å². The predicted octanol–water partition coefficient (Wildman–Crippen LogP) is 4.19. The van der Waals surface area contributed by atoms with E-state index in [-0.39, 0.29) is 30.0 Å². The number of carbonyl (C=O) groups is 2. The predicted molar refractivity (Wildman–Crippen MR) is 137 cm³/mol.